The molecule has 0 atom stereocenters. The monoisotopic (exact) mass is 1050 g/mol. The average molecular weight is 1050 g/mol. The van der Waals surface area contributed by atoms with Crippen molar-refractivity contribution in [3.8, 4) is 12.0 Å². The van der Waals surface area contributed by atoms with Crippen LogP contribution in [0, 0.1) is 0 Å². The van der Waals surface area contributed by atoms with Crippen molar-refractivity contribution >= 4 is 29.8 Å². The molecule has 0 aliphatic carbocycles. The molecular weight excluding hydrogens is 945 g/mol. The minimum Gasteiger partial charge on any atom is -0.466 e. The molecule has 1 aromatic heterocycles. The molecule has 1 aromatic rings. The summed E-state index contributed by atoms with van der Waals surface area (Å²) in [6.07, 6.45) is 30.1. The first-order valence-corrected chi connectivity index (χ1v) is 29.7. The molecule has 0 radical (unpaired) electrons. The van der Waals surface area contributed by atoms with Crippen LogP contribution in [0.4, 0.5) is 5.95 Å². The molecule has 0 amide bonds. The topological polar surface area (TPSA) is 201 Å². The predicted octanol–water partition coefficient (Wildman–Crippen LogP) is 11.4. The van der Waals surface area contributed by atoms with Crippen molar-refractivity contribution < 1.29 is 52.7 Å². The molecule has 0 aromatic carbocycles. The van der Waals surface area contributed by atoms with Gasteiger partial charge in [0, 0.05) is 52.4 Å². The van der Waals surface area contributed by atoms with Gasteiger partial charge in [0.05, 0.1) is 65.3 Å². The Morgan fingerprint density at radius 3 is 1.00 bits per heavy atom. The minimum absolute atomic E-state index is 0.0805. The fourth-order valence-corrected chi connectivity index (χ4v) is 8.12. The van der Waals surface area contributed by atoms with Crippen molar-refractivity contribution in [1.82, 2.24) is 24.8 Å². The molecule has 0 saturated carbocycles. The summed E-state index contributed by atoms with van der Waals surface area (Å²) in [5.41, 5.74) is 0. The standard InChI is InChI=1S/C57H106N6O11/c1-5-9-13-17-21-27-45-69-51(65)33-40-62(41-34-52(66)70-46-28-22-18-14-10-6-2)38-31-49-73-56-59-55(58-37-25-26-44-64)60-57(61-56)74-50-32-39-63(42-35-53(67)71-47-29-23-19-15-11-7-3)43-36-54(68)72-48-30-24-20-16-12-8-4/h64H,5-50H2,1-4H3,(H,58,59,60,61). The first-order valence-electron chi connectivity index (χ1n) is 29.7. The first kappa shape index (κ1) is 68.2. The van der Waals surface area contributed by atoms with E-state index in [1.165, 1.54) is 77.0 Å². The largest absolute Gasteiger partial charge is 0.466 e. The van der Waals surface area contributed by atoms with E-state index in [1.807, 2.05) is 0 Å². The fourth-order valence-electron chi connectivity index (χ4n) is 8.12. The molecule has 1 heterocycles. The van der Waals surface area contributed by atoms with E-state index < -0.39 is 0 Å². The van der Waals surface area contributed by atoms with E-state index >= 15 is 0 Å². The van der Waals surface area contributed by atoms with Crippen LogP contribution in [0.5, 0.6) is 12.0 Å². The number of rotatable bonds is 55. The number of anilines is 1. The Labute approximate surface area is 448 Å². The number of nitrogens with zero attached hydrogens (tertiary/aromatic N) is 5. The highest BCUT2D eigenvalue weighted by Crippen LogP contribution is 2.15. The molecule has 0 fully saturated rings. The Balaban J connectivity index is 2.88. The Kier molecular flexibility index (Phi) is 47.3. The average Bonchev–Trinajstić information content (AvgIpc) is 3.40. The molecule has 0 aliphatic rings. The van der Waals surface area contributed by atoms with Crippen LogP contribution in [0.25, 0.3) is 0 Å². The molecule has 1 rings (SSSR count). The Bertz CT molecular complexity index is 1330. The summed E-state index contributed by atoms with van der Waals surface area (Å²) in [6.45, 7) is 14.5. The second-order valence-electron chi connectivity index (χ2n) is 19.6. The SMILES string of the molecule is CCCCCCCCOC(=O)CCN(CCCOc1nc(NCCCCO)nc(OCCCN(CCC(=O)OCCCCCCCC)CCC(=O)OCCCCCCCC)n1)CCC(=O)OCCCCCCCC. The Morgan fingerprint density at radius 2 is 0.689 bits per heavy atom. The number of aliphatic hydroxyl groups excluding tert-OH is 1. The molecule has 17 nitrogen and oxygen atoms in total. The zero-order valence-electron chi connectivity index (χ0n) is 47.3. The van der Waals surface area contributed by atoms with E-state index in [2.05, 4.69) is 57.8 Å². The third-order valence-electron chi connectivity index (χ3n) is 12.7. The lowest BCUT2D eigenvalue weighted by Crippen LogP contribution is -2.31. The smallest absolute Gasteiger partial charge is 0.324 e. The van der Waals surface area contributed by atoms with Gasteiger partial charge in [-0.15, -0.1) is 4.98 Å². The van der Waals surface area contributed by atoms with Gasteiger partial charge in [-0.2, -0.15) is 9.97 Å². The highest BCUT2D eigenvalue weighted by atomic mass is 16.5. The molecule has 2 N–H and O–H groups in total. The lowest BCUT2D eigenvalue weighted by Gasteiger charge is -2.22. The number of aliphatic hydroxyl groups is 1. The van der Waals surface area contributed by atoms with Gasteiger partial charge in [0.1, 0.15) is 0 Å². The van der Waals surface area contributed by atoms with Crippen LogP contribution in [0.1, 0.15) is 233 Å². The van der Waals surface area contributed by atoms with Crippen molar-refractivity contribution in [2.24, 2.45) is 0 Å². The van der Waals surface area contributed by atoms with Crippen molar-refractivity contribution in [1.29, 1.82) is 0 Å². The number of carbonyl (C=O) groups is 4. The lowest BCUT2D eigenvalue weighted by atomic mass is 10.1. The maximum atomic E-state index is 12.7. The third-order valence-corrected chi connectivity index (χ3v) is 12.7. The van der Waals surface area contributed by atoms with Crippen LogP contribution >= 0.6 is 0 Å². The summed E-state index contributed by atoms with van der Waals surface area (Å²) in [6, 6.07) is 0.173. The van der Waals surface area contributed by atoms with Crippen molar-refractivity contribution in [3.63, 3.8) is 0 Å². The zero-order valence-corrected chi connectivity index (χ0v) is 47.3. The van der Waals surface area contributed by atoms with Gasteiger partial charge in [0.15, 0.2) is 0 Å². The van der Waals surface area contributed by atoms with Gasteiger partial charge >= 0.3 is 35.9 Å². The van der Waals surface area contributed by atoms with E-state index in [9.17, 15) is 24.3 Å². The summed E-state index contributed by atoms with van der Waals surface area (Å²) in [4.78, 5) is 68.3. The van der Waals surface area contributed by atoms with Gasteiger partial charge in [-0.3, -0.25) is 19.2 Å². The van der Waals surface area contributed by atoms with Crippen LogP contribution in [0.15, 0.2) is 0 Å². The predicted molar refractivity (Wildman–Crippen MR) is 294 cm³/mol. The van der Waals surface area contributed by atoms with Gasteiger partial charge in [0.2, 0.25) is 5.95 Å². The van der Waals surface area contributed by atoms with Crippen LogP contribution in [-0.2, 0) is 38.1 Å². The first-order chi connectivity index (χ1) is 36.2. The van der Waals surface area contributed by atoms with E-state index in [0.29, 0.717) is 97.9 Å². The van der Waals surface area contributed by atoms with Crippen LogP contribution < -0.4 is 14.8 Å². The normalized spacial score (nSPS) is 11.3. The zero-order chi connectivity index (χ0) is 53.8. The van der Waals surface area contributed by atoms with E-state index in [4.69, 9.17) is 28.4 Å². The molecule has 17 heteroatoms. The maximum absolute atomic E-state index is 12.7. The molecule has 430 valence electrons. The summed E-state index contributed by atoms with van der Waals surface area (Å²) in [5, 5.41) is 12.5. The van der Waals surface area contributed by atoms with Gasteiger partial charge in [-0.1, -0.05) is 156 Å². The van der Waals surface area contributed by atoms with Gasteiger partial charge in [0.25, 0.3) is 0 Å². The van der Waals surface area contributed by atoms with Crippen LogP contribution in [-0.4, -0.2) is 146 Å². The quantitative estimate of drug-likeness (QED) is 0.0354. The van der Waals surface area contributed by atoms with E-state index in [-0.39, 0.29) is 87.4 Å². The van der Waals surface area contributed by atoms with Gasteiger partial charge in [-0.05, 0) is 51.4 Å². The van der Waals surface area contributed by atoms with Crippen molar-refractivity contribution in [3.05, 3.63) is 0 Å². The summed E-state index contributed by atoms with van der Waals surface area (Å²) < 4.78 is 34.3. The number of unbranched alkanes of at least 4 members (excludes halogenated alkanes) is 21. The number of hydrogen-bond acceptors (Lipinski definition) is 17. The van der Waals surface area contributed by atoms with Crippen LogP contribution in [0.3, 0.4) is 0 Å². The second kappa shape index (κ2) is 51.3. The third kappa shape index (κ3) is 43.4. The highest BCUT2D eigenvalue weighted by molar-refractivity contribution is 5.71. The molecule has 0 unspecified atom stereocenters. The molecule has 0 spiro atoms. The molecule has 74 heavy (non-hydrogen) atoms. The summed E-state index contributed by atoms with van der Waals surface area (Å²) >= 11 is 0. The summed E-state index contributed by atoms with van der Waals surface area (Å²) in [7, 11) is 0. The fraction of sp³-hybridized carbons (Fsp3) is 0.877. The Hall–Kier alpha value is -3.83. The highest BCUT2D eigenvalue weighted by Gasteiger charge is 2.16. The van der Waals surface area contributed by atoms with Crippen molar-refractivity contribution in [2.45, 2.75) is 233 Å². The van der Waals surface area contributed by atoms with E-state index in [0.717, 1.165) is 77.0 Å². The lowest BCUT2D eigenvalue weighted by molar-refractivity contribution is -0.146. The summed E-state index contributed by atoms with van der Waals surface area (Å²) in [5.74, 6) is -0.691. The minimum atomic E-state index is -0.243. The second-order valence-corrected chi connectivity index (χ2v) is 19.6. The molecular formula is C57H106N6O11. The Morgan fingerprint density at radius 1 is 0.378 bits per heavy atom. The maximum Gasteiger partial charge on any atom is 0.324 e. The number of nitrogens with one attached hydrogen (secondary N) is 1. The van der Waals surface area contributed by atoms with E-state index in [1.54, 1.807) is 0 Å². The number of aromatic nitrogens is 3. The van der Waals surface area contributed by atoms with Crippen molar-refractivity contribution in [2.75, 3.05) is 97.4 Å². The van der Waals surface area contributed by atoms with Crippen LogP contribution in [0.2, 0.25) is 0 Å². The number of carbonyl (C=O) groups excluding carboxylic acids is 4. The number of esters is 4. The molecule has 0 aliphatic heterocycles. The number of hydrogen-bond donors (Lipinski definition) is 2. The van der Waals surface area contributed by atoms with Gasteiger partial charge in [-0.25, -0.2) is 0 Å². The molecule has 0 saturated heterocycles. The van der Waals surface area contributed by atoms with Gasteiger partial charge < -0.3 is 48.6 Å². The molecule has 0 bridgehead atoms. The number of ether oxygens (including phenoxy) is 6.